The number of Topliss-reactive ketones (excluding diaryl/α,β-unsaturated/α-hetero) is 1. The molecule has 1 aromatic heterocycles. The van der Waals surface area contributed by atoms with Gasteiger partial charge in [-0.2, -0.15) is 0 Å². The monoisotopic (exact) mass is 639 g/mol. The molecule has 3 rings (SSSR count). The van der Waals surface area contributed by atoms with E-state index in [1.54, 1.807) is 13.0 Å². The van der Waals surface area contributed by atoms with Crippen LogP contribution in [0.15, 0.2) is 40.9 Å². The summed E-state index contributed by atoms with van der Waals surface area (Å²) in [7, 11) is 0. The highest BCUT2D eigenvalue weighted by Crippen LogP contribution is 2.29. The molecule has 0 aliphatic carbocycles. The maximum absolute atomic E-state index is 13.7. The molecule has 0 radical (unpaired) electrons. The van der Waals surface area contributed by atoms with Crippen LogP contribution in [0.25, 0.3) is 0 Å². The van der Waals surface area contributed by atoms with Crippen LogP contribution in [-0.2, 0) is 48.0 Å². The molecule has 12 nitrogen and oxygen atoms in total. The van der Waals surface area contributed by atoms with Gasteiger partial charge >= 0.3 is 0 Å². The molecule has 4 unspecified atom stereocenters. The maximum Gasteiger partial charge on any atom is 0.243 e. The third-order valence-electron chi connectivity index (χ3n) is 7.78. The van der Waals surface area contributed by atoms with Gasteiger partial charge in [0.15, 0.2) is 5.78 Å². The first kappa shape index (κ1) is 36.4. The number of ether oxygens (including phenoxy) is 1. The second kappa shape index (κ2) is 17.0. The van der Waals surface area contributed by atoms with E-state index in [4.69, 9.17) is 9.26 Å². The van der Waals surface area contributed by atoms with E-state index in [2.05, 4.69) is 26.4 Å². The lowest BCUT2D eigenvalue weighted by Gasteiger charge is -2.27. The molecule has 2 aromatic rings. The average Bonchev–Trinajstić information content (AvgIpc) is 3.60. The number of rotatable bonds is 19. The predicted octanol–water partition coefficient (Wildman–Crippen LogP) is 2.43. The summed E-state index contributed by atoms with van der Waals surface area (Å²) in [5, 5.41) is 14.8. The van der Waals surface area contributed by atoms with E-state index in [9.17, 15) is 24.0 Å². The van der Waals surface area contributed by atoms with Crippen molar-refractivity contribution in [1.29, 1.82) is 0 Å². The molecular weight excluding hydrogens is 590 g/mol. The molecule has 4 amide bonds. The summed E-state index contributed by atoms with van der Waals surface area (Å²) < 4.78 is 10.5. The number of benzene rings is 1. The van der Waals surface area contributed by atoms with Gasteiger partial charge < -0.3 is 30.5 Å². The van der Waals surface area contributed by atoms with Crippen molar-refractivity contribution in [3.05, 3.63) is 53.4 Å². The number of carbonyl (C=O) groups is 5. The van der Waals surface area contributed by atoms with Gasteiger partial charge in [-0.25, -0.2) is 0 Å². The standard InChI is InChI=1S/C34H49N5O7/c1-7-25-17-24(39-46-25)18-29(40)35-19-30(41)36-27(15-22(4)5)32(43)38-28(16-23-11-9-8-10-12-23)33(44)37-26(14-13-21(2)3)31(42)34(6)20-45-34/h8-12,17,21-22,26-28H,7,13-16,18-20H2,1-6H3,(H,35,40)(H,36,41)(H,37,44)(H,38,43). The Hall–Kier alpha value is -4.06. The van der Waals surface area contributed by atoms with Crippen molar-refractivity contribution in [2.24, 2.45) is 11.8 Å². The van der Waals surface area contributed by atoms with Gasteiger partial charge in [0.2, 0.25) is 23.6 Å². The largest absolute Gasteiger partial charge is 0.361 e. The Morgan fingerprint density at radius 2 is 1.52 bits per heavy atom. The lowest BCUT2D eigenvalue weighted by molar-refractivity contribution is -0.134. The lowest BCUT2D eigenvalue weighted by atomic mass is 9.93. The quantitative estimate of drug-likeness (QED) is 0.170. The van der Waals surface area contributed by atoms with Crippen molar-refractivity contribution in [2.75, 3.05) is 13.2 Å². The van der Waals surface area contributed by atoms with E-state index in [0.29, 0.717) is 43.2 Å². The highest BCUT2D eigenvalue weighted by atomic mass is 16.6. The summed E-state index contributed by atoms with van der Waals surface area (Å²) in [5.74, 6) is -1.18. The topological polar surface area (TPSA) is 172 Å². The zero-order valence-corrected chi connectivity index (χ0v) is 27.8. The lowest BCUT2D eigenvalue weighted by Crippen LogP contribution is -2.58. The second-order valence-electron chi connectivity index (χ2n) is 13.0. The van der Waals surface area contributed by atoms with Crippen LogP contribution in [0.1, 0.15) is 77.8 Å². The van der Waals surface area contributed by atoms with Crippen LogP contribution in [0, 0.1) is 11.8 Å². The highest BCUT2D eigenvalue weighted by molar-refractivity contribution is 5.98. The van der Waals surface area contributed by atoms with E-state index in [-0.39, 0.29) is 31.1 Å². The molecule has 1 aliphatic heterocycles. The predicted molar refractivity (Wildman–Crippen MR) is 171 cm³/mol. The van der Waals surface area contributed by atoms with Gasteiger partial charge in [0.05, 0.1) is 31.3 Å². The summed E-state index contributed by atoms with van der Waals surface area (Å²) in [4.78, 5) is 65.8. The summed E-state index contributed by atoms with van der Waals surface area (Å²) in [6.45, 7) is 11.5. The zero-order chi connectivity index (χ0) is 33.9. The Morgan fingerprint density at radius 3 is 2.11 bits per heavy atom. The molecule has 1 aromatic carbocycles. The fourth-order valence-electron chi connectivity index (χ4n) is 4.95. The minimum Gasteiger partial charge on any atom is -0.361 e. The summed E-state index contributed by atoms with van der Waals surface area (Å²) >= 11 is 0. The third kappa shape index (κ3) is 11.7. The van der Waals surface area contributed by atoms with Crippen molar-refractivity contribution in [2.45, 2.75) is 104 Å². The number of nitrogens with one attached hydrogen (secondary N) is 4. The van der Waals surface area contributed by atoms with Crippen molar-refractivity contribution in [3.63, 3.8) is 0 Å². The fraction of sp³-hybridized carbons (Fsp3) is 0.588. The number of ketones is 1. The first-order chi connectivity index (χ1) is 21.8. The molecule has 46 heavy (non-hydrogen) atoms. The van der Waals surface area contributed by atoms with Gasteiger partial charge in [-0.1, -0.05) is 70.1 Å². The Bertz CT molecular complexity index is 1340. The minimum absolute atomic E-state index is 0.0317. The zero-order valence-electron chi connectivity index (χ0n) is 27.8. The molecule has 252 valence electrons. The molecule has 0 spiro atoms. The fourth-order valence-corrected chi connectivity index (χ4v) is 4.95. The van der Waals surface area contributed by atoms with Gasteiger partial charge in [0.1, 0.15) is 23.4 Å². The van der Waals surface area contributed by atoms with Crippen molar-refractivity contribution in [3.8, 4) is 0 Å². The molecule has 1 aliphatic rings. The Morgan fingerprint density at radius 1 is 0.870 bits per heavy atom. The van der Waals surface area contributed by atoms with Crippen LogP contribution in [-0.4, -0.2) is 71.4 Å². The van der Waals surface area contributed by atoms with Crippen LogP contribution >= 0.6 is 0 Å². The van der Waals surface area contributed by atoms with E-state index < -0.39 is 47.4 Å². The molecule has 4 N–H and O–H groups in total. The van der Waals surface area contributed by atoms with Crippen LogP contribution in [0.2, 0.25) is 0 Å². The number of hydrogen-bond donors (Lipinski definition) is 4. The molecule has 2 heterocycles. The Balaban J connectivity index is 1.69. The summed E-state index contributed by atoms with van der Waals surface area (Å²) in [6, 6.07) is 8.19. The van der Waals surface area contributed by atoms with E-state index >= 15 is 0 Å². The van der Waals surface area contributed by atoms with Crippen LogP contribution in [0.5, 0.6) is 0 Å². The first-order valence-electron chi connectivity index (χ1n) is 16.1. The number of nitrogens with zero attached hydrogens (tertiary/aromatic N) is 1. The molecule has 1 saturated heterocycles. The molecule has 12 heteroatoms. The SMILES string of the molecule is CCc1cc(CC(=O)NCC(=O)NC(CC(C)C)C(=O)NC(Cc2ccccc2)C(=O)NC(CCC(C)C)C(=O)C2(C)CO2)no1. The summed E-state index contributed by atoms with van der Waals surface area (Å²) in [6.07, 6.45) is 2.25. The Kier molecular flexibility index (Phi) is 13.5. The second-order valence-corrected chi connectivity index (χ2v) is 13.0. The van der Waals surface area contributed by atoms with Gasteiger partial charge in [0.25, 0.3) is 0 Å². The van der Waals surface area contributed by atoms with Crippen LogP contribution < -0.4 is 21.3 Å². The maximum atomic E-state index is 13.7. The van der Waals surface area contributed by atoms with Gasteiger partial charge in [0, 0.05) is 18.9 Å². The number of epoxide rings is 1. The number of aryl methyl sites for hydroxylation is 1. The van der Waals surface area contributed by atoms with Gasteiger partial charge in [-0.15, -0.1) is 0 Å². The molecule has 4 atom stereocenters. The highest BCUT2D eigenvalue weighted by Gasteiger charge is 2.50. The first-order valence-corrected chi connectivity index (χ1v) is 16.1. The number of amides is 4. The minimum atomic E-state index is -1.01. The van der Waals surface area contributed by atoms with Crippen molar-refractivity contribution >= 4 is 29.4 Å². The van der Waals surface area contributed by atoms with E-state index in [0.717, 1.165) is 12.0 Å². The molecule has 0 saturated carbocycles. The number of carbonyl (C=O) groups excluding carboxylic acids is 5. The number of aromatic nitrogens is 1. The van der Waals surface area contributed by atoms with E-state index in [1.165, 1.54) is 0 Å². The normalized spacial score (nSPS) is 17.6. The summed E-state index contributed by atoms with van der Waals surface area (Å²) in [5.41, 5.74) is 0.361. The average molecular weight is 640 g/mol. The van der Waals surface area contributed by atoms with Gasteiger partial charge in [-0.05, 0) is 43.6 Å². The van der Waals surface area contributed by atoms with E-state index in [1.807, 2.05) is 65.0 Å². The van der Waals surface area contributed by atoms with Crippen LogP contribution in [0.4, 0.5) is 0 Å². The van der Waals surface area contributed by atoms with Crippen LogP contribution in [0.3, 0.4) is 0 Å². The Labute approximate surface area is 271 Å². The van der Waals surface area contributed by atoms with Crippen molar-refractivity contribution < 1.29 is 33.2 Å². The number of hydrogen-bond acceptors (Lipinski definition) is 8. The van der Waals surface area contributed by atoms with Crippen molar-refractivity contribution in [1.82, 2.24) is 26.4 Å². The third-order valence-corrected chi connectivity index (χ3v) is 7.78. The van der Waals surface area contributed by atoms with Gasteiger partial charge in [-0.3, -0.25) is 24.0 Å². The smallest absolute Gasteiger partial charge is 0.243 e. The molecule has 0 bridgehead atoms. The molecular formula is C34H49N5O7. The molecule has 1 fully saturated rings.